The highest BCUT2D eigenvalue weighted by molar-refractivity contribution is 6.35. The maximum atomic E-state index is 10.1. The third kappa shape index (κ3) is 2.52. The van der Waals surface area contributed by atoms with Crippen molar-refractivity contribution in [2.75, 3.05) is 0 Å². The molecule has 0 radical (unpaired) electrons. The summed E-state index contributed by atoms with van der Waals surface area (Å²) in [6.07, 6.45) is 2.41. The Bertz CT molecular complexity index is 421. The number of aliphatic hydroxyl groups is 1. The summed E-state index contributed by atoms with van der Waals surface area (Å²) in [6.45, 7) is 0. The summed E-state index contributed by atoms with van der Waals surface area (Å²) < 4.78 is 0. The number of nitrogens with two attached hydrogens (primary N) is 1. The van der Waals surface area contributed by atoms with Gasteiger partial charge in [0.1, 0.15) is 5.75 Å². The molecule has 0 aliphatic heterocycles. The van der Waals surface area contributed by atoms with Crippen LogP contribution in [0.1, 0.15) is 30.9 Å². The van der Waals surface area contributed by atoms with Gasteiger partial charge in [0.05, 0.1) is 17.2 Å². The summed E-state index contributed by atoms with van der Waals surface area (Å²) in [5.74, 6) is 0.115. The maximum Gasteiger partial charge on any atom is 0.139 e. The second kappa shape index (κ2) is 5.02. The molecule has 2 rings (SSSR count). The van der Waals surface area contributed by atoms with Crippen LogP contribution in [0.5, 0.6) is 5.75 Å². The van der Waals surface area contributed by atoms with E-state index in [2.05, 4.69) is 0 Å². The Morgan fingerprint density at radius 3 is 2.47 bits per heavy atom. The molecule has 1 saturated carbocycles. The van der Waals surface area contributed by atoms with Crippen molar-refractivity contribution in [3.05, 3.63) is 27.7 Å². The highest BCUT2D eigenvalue weighted by atomic mass is 35.5. The van der Waals surface area contributed by atoms with Gasteiger partial charge in [-0.1, -0.05) is 29.6 Å². The predicted octanol–water partition coefficient (Wildman–Crippen LogP) is 2.86. The van der Waals surface area contributed by atoms with Crippen LogP contribution in [0.25, 0.3) is 0 Å². The Hall–Kier alpha value is -0.480. The van der Waals surface area contributed by atoms with E-state index in [1.165, 1.54) is 6.07 Å². The molecule has 0 spiro atoms. The molecule has 1 aromatic rings. The molecule has 1 fully saturated rings. The van der Waals surface area contributed by atoms with Crippen molar-refractivity contribution in [3.63, 3.8) is 0 Å². The summed E-state index contributed by atoms with van der Waals surface area (Å²) >= 11 is 11.7. The molecule has 4 N–H and O–H groups in total. The highest BCUT2D eigenvalue weighted by Gasteiger charge is 2.32. The van der Waals surface area contributed by atoms with Gasteiger partial charge in [-0.05, 0) is 30.9 Å². The molecule has 0 aromatic heterocycles. The van der Waals surface area contributed by atoms with E-state index in [9.17, 15) is 10.2 Å². The minimum Gasteiger partial charge on any atom is -0.506 e. The van der Waals surface area contributed by atoms with E-state index < -0.39 is 12.1 Å². The molecule has 1 aliphatic rings. The molecule has 0 saturated heterocycles. The topological polar surface area (TPSA) is 66.5 Å². The van der Waals surface area contributed by atoms with Gasteiger partial charge in [0.25, 0.3) is 0 Å². The van der Waals surface area contributed by atoms with Gasteiger partial charge in [0.15, 0.2) is 0 Å². The summed E-state index contributed by atoms with van der Waals surface area (Å²) in [6, 6.07) is 2.34. The van der Waals surface area contributed by atoms with Gasteiger partial charge in [0, 0.05) is 10.6 Å². The summed E-state index contributed by atoms with van der Waals surface area (Å²) in [5.41, 5.74) is 6.36. The number of phenolic OH excluding ortho intramolecular Hbond substituents is 1. The van der Waals surface area contributed by atoms with E-state index in [4.69, 9.17) is 28.9 Å². The van der Waals surface area contributed by atoms with E-state index in [0.29, 0.717) is 10.6 Å². The van der Waals surface area contributed by atoms with Gasteiger partial charge in [-0.3, -0.25) is 0 Å². The fourth-order valence-electron chi connectivity index (χ4n) is 2.10. The normalized spacial score (nSPS) is 19.8. The molecule has 2 atom stereocenters. The smallest absolute Gasteiger partial charge is 0.139 e. The van der Waals surface area contributed by atoms with Crippen molar-refractivity contribution in [3.8, 4) is 5.75 Å². The number of aromatic hydroxyl groups is 1. The van der Waals surface area contributed by atoms with Gasteiger partial charge in [-0.2, -0.15) is 0 Å². The van der Waals surface area contributed by atoms with Crippen molar-refractivity contribution in [1.82, 2.24) is 0 Å². The molecule has 94 valence electrons. The highest BCUT2D eigenvalue weighted by Crippen LogP contribution is 2.39. The third-order valence-electron chi connectivity index (χ3n) is 3.42. The van der Waals surface area contributed by atoms with Crippen LogP contribution in [0.3, 0.4) is 0 Å². The van der Waals surface area contributed by atoms with Crippen LogP contribution in [0.15, 0.2) is 12.1 Å². The first kappa shape index (κ1) is 13.0. The molecule has 0 amide bonds. The van der Waals surface area contributed by atoms with Crippen LogP contribution in [-0.4, -0.2) is 16.3 Å². The Kier molecular flexibility index (Phi) is 3.83. The zero-order chi connectivity index (χ0) is 12.6. The summed E-state index contributed by atoms with van der Waals surface area (Å²) in [7, 11) is 0. The third-order valence-corrected chi connectivity index (χ3v) is 3.92. The van der Waals surface area contributed by atoms with Crippen LogP contribution in [-0.2, 0) is 0 Å². The molecule has 0 unspecified atom stereocenters. The Morgan fingerprint density at radius 1 is 1.29 bits per heavy atom. The largest absolute Gasteiger partial charge is 0.506 e. The average Bonchev–Trinajstić information content (AvgIpc) is 2.19. The lowest BCUT2D eigenvalue weighted by Gasteiger charge is -2.34. The predicted molar refractivity (Wildman–Crippen MR) is 68.4 cm³/mol. The summed E-state index contributed by atoms with van der Waals surface area (Å²) in [5, 5.41) is 20.5. The second-order valence-electron chi connectivity index (χ2n) is 4.53. The average molecular weight is 276 g/mol. The van der Waals surface area contributed by atoms with Crippen molar-refractivity contribution < 1.29 is 10.2 Å². The fourth-order valence-corrected chi connectivity index (χ4v) is 2.61. The van der Waals surface area contributed by atoms with Gasteiger partial charge < -0.3 is 15.9 Å². The number of hydrogen-bond donors (Lipinski definition) is 3. The molecule has 17 heavy (non-hydrogen) atoms. The van der Waals surface area contributed by atoms with Crippen LogP contribution in [0.2, 0.25) is 10.0 Å². The second-order valence-corrected chi connectivity index (χ2v) is 5.38. The van der Waals surface area contributed by atoms with Gasteiger partial charge in [0.2, 0.25) is 0 Å². The number of halogens is 2. The summed E-state index contributed by atoms with van der Waals surface area (Å²) in [4.78, 5) is 0. The van der Waals surface area contributed by atoms with Gasteiger partial charge >= 0.3 is 0 Å². The fraction of sp³-hybridized carbons (Fsp3) is 0.500. The quantitative estimate of drug-likeness (QED) is 0.795. The molecule has 5 heteroatoms. The maximum absolute atomic E-state index is 10.1. The zero-order valence-corrected chi connectivity index (χ0v) is 10.7. The Labute approximate surface area is 110 Å². The van der Waals surface area contributed by atoms with Crippen molar-refractivity contribution in [2.24, 2.45) is 11.7 Å². The standard InChI is InChI=1S/C12H15Cl2NO2/c13-7-4-8(12(17)9(14)5-7)10(15)11(16)6-2-1-3-6/h4-6,10-11,16-17H,1-3,15H2/t10-,11+/m1/s1. The van der Waals surface area contributed by atoms with Gasteiger partial charge in [-0.25, -0.2) is 0 Å². The Balaban J connectivity index is 2.26. The van der Waals surface area contributed by atoms with E-state index in [1.54, 1.807) is 6.07 Å². The molecule has 1 aromatic carbocycles. The van der Waals surface area contributed by atoms with E-state index in [1.807, 2.05) is 0 Å². The lowest BCUT2D eigenvalue weighted by atomic mass is 9.77. The Morgan fingerprint density at radius 2 is 1.94 bits per heavy atom. The molecular formula is C12H15Cl2NO2. The van der Waals surface area contributed by atoms with Crippen LogP contribution < -0.4 is 5.73 Å². The minimum atomic E-state index is -0.663. The van der Waals surface area contributed by atoms with Crippen molar-refractivity contribution >= 4 is 23.2 Å². The number of aliphatic hydroxyl groups excluding tert-OH is 1. The monoisotopic (exact) mass is 275 g/mol. The first-order valence-electron chi connectivity index (χ1n) is 5.62. The molecule has 0 bridgehead atoms. The molecule has 1 aliphatic carbocycles. The first-order valence-corrected chi connectivity index (χ1v) is 6.38. The van der Waals surface area contributed by atoms with E-state index in [-0.39, 0.29) is 16.7 Å². The SMILES string of the molecule is N[C@H](c1cc(Cl)cc(Cl)c1O)[C@@H](O)C1CCC1. The zero-order valence-electron chi connectivity index (χ0n) is 9.24. The minimum absolute atomic E-state index is 0.0954. The van der Waals surface area contributed by atoms with Crippen LogP contribution in [0.4, 0.5) is 0 Å². The van der Waals surface area contributed by atoms with E-state index >= 15 is 0 Å². The lowest BCUT2D eigenvalue weighted by Crippen LogP contribution is -2.36. The first-order chi connectivity index (χ1) is 8.00. The number of rotatable bonds is 3. The van der Waals surface area contributed by atoms with Crippen LogP contribution in [0, 0.1) is 5.92 Å². The van der Waals surface area contributed by atoms with Crippen molar-refractivity contribution in [2.45, 2.75) is 31.4 Å². The number of benzene rings is 1. The van der Waals surface area contributed by atoms with Crippen molar-refractivity contribution in [1.29, 1.82) is 0 Å². The number of phenols is 1. The number of hydrogen-bond acceptors (Lipinski definition) is 3. The molecular weight excluding hydrogens is 261 g/mol. The molecule has 0 heterocycles. The van der Waals surface area contributed by atoms with E-state index in [0.717, 1.165) is 19.3 Å². The lowest BCUT2D eigenvalue weighted by molar-refractivity contribution is 0.0408. The van der Waals surface area contributed by atoms with Crippen LogP contribution >= 0.6 is 23.2 Å². The molecule has 3 nitrogen and oxygen atoms in total. The van der Waals surface area contributed by atoms with Gasteiger partial charge in [-0.15, -0.1) is 0 Å².